The Bertz CT molecular complexity index is 3740. The van der Waals surface area contributed by atoms with E-state index in [0.717, 1.165) is 26.5 Å². The first-order chi connectivity index (χ1) is 48.1. The van der Waals surface area contributed by atoms with Crippen molar-refractivity contribution in [2.45, 2.75) is 209 Å². The highest BCUT2D eigenvalue weighted by molar-refractivity contribution is 6.03. The molecule has 2 aromatic carbocycles. The third kappa shape index (κ3) is 17.1. The fraction of sp³-hybridized carbons (Fsp3) is 0.544. The normalized spacial score (nSPS) is 29.3. The van der Waals surface area contributed by atoms with Gasteiger partial charge in [0.05, 0.1) is 44.9 Å². The number of hydrogen-bond donors (Lipinski definition) is 16. The average Bonchev–Trinajstić information content (AvgIpc) is 1.55. The molecule has 19 N–H and O–H groups in total. The van der Waals surface area contributed by atoms with Gasteiger partial charge in [-0.1, -0.05) is 73.5 Å². The number of allylic oxidation sites excluding steroid dienone is 4. The van der Waals surface area contributed by atoms with Gasteiger partial charge in [0.25, 0.3) is 0 Å². The van der Waals surface area contributed by atoms with Crippen molar-refractivity contribution in [2.24, 2.45) is 23.1 Å². The number of hydrogen-bond acceptors (Lipinski definition) is 19. The number of carboxylic acid groups (broad SMARTS) is 1. The maximum absolute atomic E-state index is 15.9. The van der Waals surface area contributed by atoms with Crippen molar-refractivity contribution >= 4 is 100 Å². The first-order valence-corrected chi connectivity index (χ1v) is 33.8. The largest absolute Gasteiger partial charge is 0.481 e. The number of nitrogens with zero attached hydrogens (tertiary/aromatic N) is 3. The fourth-order valence-corrected chi connectivity index (χ4v) is 14.5. The van der Waals surface area contributed by atoms with Crippen molar-refractivity contribution in [3.8, 4) is 0 Å². The Morgan fingerprint density at radius 2 is 0.961 bits per heavy atom. The van der Waals surface area contributed by atoms with Crippen LogP contribution < -0.4 is 70.4 Å². The highest BCUT2D eigenvalue weighted by Gasteiger charge is 2.63. The Labute approximate surface area is 587 Å². The predicted octanol–water partition coefficient (Wildman–Crippen LogP) is -3.69. The Morgan fingerprint density at radius 3 is 1.43 bits per heavy atom. The second-order valence-electron chi connectivity index (χ2n) is 27.9. The molecular weight excluding hydrogens is 1330 g/mol. The Morgan fingerprint density at radius 1 is 0.529 bits per heavy atom. The molecule has 0 saturated carbocycles. The molecule has 0 unspecified atom stereocenters. The quantitative estimate of drug-likeness (QED) is 0.0720. The molecule has 0 bridgehead atoms. The summed E-state index contributed by atoms with van der Waals surface area (Å²) in [7, 11) is 0. The SMILES string of the molecule is CC(C)=CC[C@@]12C[C@H]3C(=O)N[C@@H](CO)C(=O)N[C@@H]([C@@H](C)O)C(=O)N4CCC[C@H]4C(=O)N4[C@@H](C[C@@]5(CC=C(C)C)c6ccccc6N[C@@H]45)C(=O)N[C@H](CC(C)C)C(=O)N[C@@H](CC(N)=O)C(=O)NCC(=O)N[C@@H](CC(=O)O)C(=O)N[C@@H](CC(N)=O)C(=O)N[C@@H](CC(N)=O)C(=O)N3[C@H]1Nc1ccccc12. The van der Waals surface area contributed by atoms with E-state index in [1.165, 1.54) is 11.8 Å². The van der Waals surface area contributed by atoms with E-state index in [2.05, 4.69) is 53.2 Å². The van der Waals surface area contributed by atoms with E-state index in [4.69, 9.17) is 17.2 Å². The van der Waals surface area contributed by atoms with Crippen molar-refractivity contribution in [1.82, 2.24) is 57.2 Å². The molecule has 34 heteroatoms. The minimum absolute atomic E-state index is 0.0110. The number of carbonyl (C=O) groups is 15. The van der Waals surface area contributed by atoms with E-state index in [9.17, 15) is 63.3 Å². The molecule has 2 aromatic rings. The van der Waals surface area contributed by atoms with Gasteiger partial charge in [-0.2, -0.15) is 0 Å². The summed E-state index contributed by atoms with van der Waals surface area (Å²) in [5, 5.41) is 58.0. The van der Waals surface area contributed by atoms with Gasteiger partial charge in [-0.05, 0) is 109 Å². The second-order valence-corrected chi connectivity index (χ2v) is 27.9. The summed E-state index contributed by atoms with van der Waals surface area (Å²) in [6, 6.07) is -3.85. The van der Waals surface area contributed by atoms with Gasteiger partial charge in [-0.25, -0.2) is 0 Å². The number of nitrogens with two attached hydrogens (primary N) is 3. The van der Waals surface area contributed by atoms with Gasteiger partial charge in [0.15, 0.2) is 0 Å². The molecule has 8 rings (SSSR count). The molecule has 0 radical (unpaired) electrons. The number of carboxylic acids is 1. The van der Waals surface area contributed by atoms with Crippen LogP contribution in [0.1, 0.15) is 130 Å². The van der Waals surface area contributed by atoms with Crippen LogP contribution in [0.4, 0.5) is 11.4 Å². The minimum Gasteiger partial charge on any atom is -0.481 e. The van der Waals surface area contributed by atoms with E-state index in [0.29, 0.717) is 16.9 Å². The first kappa shape index (κ1) is 77.2. The molecule has 34 nitrogen and oxygen atoms in total. The van der Waals surface area contributed by atoms with Gasteiger partial charge in [-0.15, -0.1) is 0 Å². The van der Waals surface area contributed by atoms with Crippen LogP contribution >= 0.6 is 0 Å². The number of aliphatic hydroxyl groups is 2. The molecule has 4 fully saturated rings. The number of nitrogens with one attached hydrogen (secondary N) is 10. The molecule has 6 aliphatic rings. The number of primary amides is 3. The third-order valence-corrected chi connectivity index (χ3v) is 19.3. The maximum atomic E-state index is 15.9. The van der Waals surface area contributed by atoms with Crippen LogP contribution in [-0.4, -0.2) is 217 Å². The van der Waals surface area contributed by atoms with Crippen LogP contribution in [0.3, 0.4) is 0 Å². The number of para-hydroxylation sites is 2. The summed E-state index contributed by atoms with van der Waals surface area (Å²) >= 11 is 0. The number of aliphatic hydroxyl groups excluding tert-OH is 2. The zero-order valence-corrected chi connectivity index (χ0v) is 57.8. The lowest BCUT2D eigenvalue weighted by atomic mass is 9.75. The predicted molar refractivity (Wildman–Crippen MR) is 363 cm³/mol. The van der Waals surface area contributed by atoms with E-state index in [-0.39, 0.29) is 57.4 Å². The van der Waals surface area contributed by atoms with Crippen LogP contribution in [0.15, 0.2) is 71.8 Å². The van der Waals surface area contributed by atoms with Gasteiger partial charge in [0.2, 0.25) is 82.7 Å². The van der Waals surface area contributed by atoms with Gasteiger partial charge in [-0.3, -0.25) is 71.9 Å². The van der Waals surface area contributed by atoms with Gasteiger partial charge in [0, 0.05) is 28.7 Å². The Hall–Kier alpha value is -10.5. The Kier molecular flexibility index (Phi) is 24.6. The number of fused-ring (bicyclic) bond motifs is 11. The maximum Gasteiger partial charge on any atom is 0.305 e. The van der Waals surface area contributed by atoms with Crippen LogP contribution in [0.5, 0.6) is 0 Å². The van der Waals surface area contributed by atoms with Crippen molar-refractivity contribution in [2.75, 3.05) is 30.3 Å². The highest BCUT2D eigenvalue weighted by atomic mass is 16.4. The van der Waals surface area contributed by atoms with Crippen LogP contribution in [0, 0.1) is 5.92 Å². The van der Waals surface area contributed by atoms with Crippen molar-refractivity contribution in [1.29, 1.82) is 0 Å². The van der Waals surface area contributed by atoms with E-state index in [1.54, 1.807) is 50.2 Å². The number of rotatable bonds is 16. The Balaban J connectivity index is 1.22. The highest BCUT2D eigenvalue weighted by Crippen LogP contribution is 2.55. The summed E-state index contributed by atoms with van der Waals surface area (Å²) in [5.74, 6) is -18.1. The van der Waals surface area contributed by atoms with Gasteiger partial charge in [0.1, 0.15) is 72.7 Å². The smallest absolute Gasteiger partial charge is 0.305 e. The van der Waals surface area contributed by atoms with Crippen molar-refractivity contribution < 1.29 is 87.2 Å². The third-order valence-electron chi connectivity index (χ3n) is 19.3. The van der Waals surface area contributed by atoms with Crippen molar-refractivity contribution in [3.63, 3.8) is 0 Å². The standard InChI is InChI=1S/C68H92N16O18/c1-32(2)18-20-67-28-47-61(99)78-45(31-85)59(97)81-54(35(7)86)64(102)82-22-12-17-46(82)63(101)84-48(29-68(21-19-33(3)4)37-14-9-11-16-39(37)80-66(68)84)60(98)76-40(23-34(5)6)56(94)74-41(24-49(69)87)55(93)72-30-52(90)73-43(27-53(91)92)58(96)75-42(25-50(70)88)57(95)77-44(26-51(71)89)62(100)83(47)65(67)79-38-15-10-8-13-36(38)67/h8-11,13-16,18-19,34-35,40-48,54,65-66,79-80,85-86H,12,17,20-31H2,1-7H3,(H2,69,87)(H2,70,88)(H2,71,89)(H,72,93)(H,73,90)(H,74,94)(H,75,96)(H,76,98)(H,77,95)(H,78,99)(H,81,97)(H,91,92)/t35-,40-,41+,42+,43+,44+,45+,46+,47+,48+,54+,65-,66+,67+,68+/m1/s1. The molecule has 552 valence electrons. The molecule has 15 atom stereocenters. The molecule has 0 spiro atoms. The number of aliphatic carboxylic acids is 1. The lowest BCUT2D eigenvalue weighted by Crippen LogP contribution is -2.63. The van der Waals surface area contributed by atoms with E-state index >= 15 is 24.0 Å². The fourth-order valence-electron chi connectivity index (χ4n) is 14.5. The molecule has 6 aliphatic heterocycles. The second kappa shape index (κ2) is 32.4. The first-order valence-electron chi connectivity index (χ1n) is 33.8. The topological polar surface area (TPSA) is 525 Å². The van der Waals surface area contributed by atoms with E-state index in [1.807, 2.05) is 52.0 Å². The number of anilines is 2. The summed E-state index contributed by atoms with van der Waals surface area (Å²) < 4.78 is 0. The van der Waals surface area contributed by atoms with Crippen molar-refractivity contribution in [3.05, 3.63) is 83.0 Å². The monoisotopic (exact) mass is 1420 g/mol. The lowest BCUT2D eigenvalue weighted by molar-refractivity contribution is -0.150. The number of benzene rings is 2. The van der Waals surface area contributed by atoms with Crippen LogP contribution in [0.2, 0.25) is 0 Å². The number of amides is 14. The molecule has 0 aliphatic carbocycles. The minimum atomic E-state index is -2.12. The molecule has 0 aromatic heterocycles. The lowest BCUT2D eigenvalue weighted by Gasteiger charge is -2.37. The molecule has 14 amide bonds. The molecule has 4 saturated heterocycles. The zero-order valence-electron chi connectivity index (χ0n) is 57.8. The number of carbonyl (C=O) groups excluding carboxylic acids is 14. The molecule has 102 heavy (non-hydrogen) atoms. The van der Waals surface area contributed by atoms with Crippen LogP contribution in [-0.2, 0) is 82.7 Å². The van der Waals surface area contributed by atoms with Crippen LogP contribution in [0.25, 0.3) is 0 Å². The summed E-state index contributed by atoms with van der Waals surface area (Å²) in [6.45, 7) is 9.64. The molecular formula is C68H92N16O18. The van der Waals surface area contributed by atoms with Gasteiger partial charge >= 0.3 is 5.97 Å². The average molecular weight is 1420 g/mol. The molecule has 6 heterocycles. The summed E-state index contributed by atoms with van der Waals surface area (Å²) in [6.07, 6.45) is -4.11. The summed E-state index contributed by atoms with van der Waals surface area (Å²) in [4.78, 5) is 217. The summed E-state index contributed by atoms with van der Waals surface area (Å²) in [5.41, 5.74) is 18.8. The van der Waals surface area contributed by atoms with E-state index < -0.39 is 217 Å². The van der Waals surface area contributed by atoms with Gasteiger partial charge < -0.3 is 100 Å². The zero-order chi connectivity index (χ0) is 75.0.